The normalized spacial score (nSPS) is 11.2. The molecule has 0 aliphatic rings. The quantitative estimate of drug-likeness (QED) is 0.567. The molecule has 1 heterocycles. The molecule has 1 N–H and O–H groups in total. The van der Waals surface area contributed by atoms with Gasteiger partial charge in [0.05, 0.1) is 0 Å². The van der Waals surface area contributed by atoms with E-state index < -0.39 is 23.8 Å². The van der Waals surface area contributed by atoms with Crippen molar-refractivity contribution in [1.29, 1.82) is 0 Å². The summed E-state index contributed by atoms with van der Waals surface area (Å²) in [7, 11) is 0. The molecule has 3 rings (SSSR count). The van der Waals surface area contributed by atoms with Gasteiger partial charge in [0.15, 0.2) is 0 Å². The van der Waals surface area contributed by atoms with E-state index in [4.69, 9.17) is 0 Å². The van der Waals surface area contributed by atoms with Crippen LogP contribution in [-0.2, 0) is 11.0 Å². The lowest BCUT2D eigenvalue weighted by molar-refractivity contribution is -0.159. The van der Waals surface area contributed by atoms with Crippen molar-refractivity contribution in [2.75, 3.05) is 5.32 Å². The lowest BCUT2D eigenvalue weighted by atomic mass is 10.1. The van der Waals surface area contributed by atoms with Gasteiger partial charge < -0.3 is 9.84 Å². The summed E-state index contributed by atoms with van der Waals surface area (Å²) in [6.07, 6.45) is -4.73. The minimum Gasteiger partial charge on any atom is -0.329 e. The summed E-state index contributed by atoms with van der Waals surface area (Å²) in [6, 6.07) is 13.6. The average molecular weight is 361 g/mol. The molecule has 0 atom stereocenters. The average Bonchev–Trinajstić information content (AvgIpc) is 3.13. The van der Waals surface area contributed by atoms with Crippen molar-refractivity contribution in [3.8, 4) is 11.4 Å². The van der Waals surface area contributed by atoms with Crippen molar-refractivity contribution in [3.05, 3.63) is 66.1 Å². The molecule has 9 heteroatoms. The van der Waals surface area contributed by atoms with Gasteiger partial charge in [-0.25, -0.2) is 0 Å². The van der Waals surface area contributed by atoms with Crippen LogP contribution in [-0.4, -0.2) is 21.8 Å². The molecular weight excluding hydrogens is 351 g/mol. The highest BCUT2D eigenvalue weighted by atomic mass is 19.4. The third-order valence-corrected chi connectivity index (χ3v) is 3.31. The minimum atomic E-state index is -4.73. The van der Waals surface area contributed by atoms with Crippen LogP contribution in [0.5, 0.6) is 0 Å². The molecule has 2 aromatic carbocycles. The van der Waals surface area contributed by atoms with Crippen LogP contribution < -0.4 is 5.32 Å². The maximum atomic E-state index is 12.5. The Morgan fingerprint density at radius 3 is 2.19 bits per heavy atom. The number of nitrogens with one attached hydrogen (secondary N) is 1. The number of alkyl halides is 3. The van der Waals surface area contributed by atoms with Crippen LogP contribution in [0, 0.1) is 0 Å². The van der Waals surface area contributed by atoms with Gasteiger partial charge in [0.1, 0.15) is 0 Å². The van der Waals surface area contributed by atoms with Gasteiger partial charge in [-0.2, -0.15) is 18.2 Å². The Morgan fingerprint density at radius 1 is 0.962 bits per heavy atom. The number of Topliss-reactive ketones (excluding diaryl/α,β-unsaturated/α-hetero) is 1. The van der Waals surface area contributed by atoms with E-state index in [9.17, 15) is 22.8 Å². The van der Waals surface area contributed by atoms with Crippen LogP contribution in [0.25, 0.3) is 11.4 Å². The number of hydrogen-bond acceptors (Lipinski definition) is 5. The third kappa shape index (κ3) is 3.77. The van der Waals surface area contributed by atoms with E-state index in [1.165, 1.54) is 36.4 Å². The van der Waals surface area contributed by atoms with E-state index in [1.807, 2.05) is 0 Å². The number of hydrogen-bond donors (Lipinski definition) is 1. The third-order valence-electron chi connectivity index (χ3n) is 3.31. The number of amides is 1. The Kier molecular flexibility index (Phi) is 4.53. The monoisotopic (exact) mass is 361 g/mol. The zero-order valence-corrected chi connectivity index (χ0v) is 12.9. The van der Waals surface area contributed by atoms with Crippen molar-refractivity contribution in [3.63, 3.8) is 0 Å². The zero-order chi connectivity index (χ0) is 18.7. The number of ketones is 1. The van der Waals surface area contributed by atoms with E-state index >= 15 is 0 Å². The first-order valence-electron chi connectivity index (χ1n) is 7.26. The fourth-order valence-electron chi connectivity index (χ4n) is 2.07. The molecule has 0 spiro atoms. The van der Waals surface area contributed by atoms with Crippen molar-refractivity contribution >= 4 is 17.4 Å². The zero-order valence-electron chi connectivity index (χ0n) is 12.9. The Bertz CT molecular complexity index is 935. The highest BCUT2D eigenvalue weighted by molar-refractivity contribution is 6.46. The number of carbonyl (C=O) groups excluding carboxylic acids is 2. The molecule has 0 aliphatic carbocycles. The van der Waals surface area contributed by atoms with E-state index in [-0.39, 0.29) is 17.0 Å². The second-order valence-corrected chi connectivity index (χ2v) is 5.15. The maximum absolute atomic E-state index is 12.5. The smallest absolute Gasteiger partial charge is 0.329 e. The Morgan fingerprint density at radius 2 is 1.62 bits per heavy atom. The van der Waals surface area contributed by atoms with Gasteiger partial charge in [0.25, 0.3) is 11.7 Å². The van der Waals surface area contributed by atoms with Gasteiger partial charge in [-0.05, 0) is 24.3 Å². The molecule has 26 heavy (non-hydrogen) atoms. The standard InChI is InChI=1S/C17H10F3N3O3/c18-17(19,20)16-22-14(23-26-16)11-6-8-12(9-7-11)21-15(25)13(24)10-4-2-1-3-5-10/h1-9H,(H,21,25). The number of anilines is 1. The van der Waals surface area contributed by atoms with Crippen LogP contribution >= 0.6 is 0 Å². The van der Waals surface area contributed by atoms with Crippen molar-refractivity contribution in [2.24, 2.45) is 0 Å². The Labute approximate surface area is 144 Å². The molecule has 6 nitrogen and oxygen atoms in total. The Hall–Kier alpha value is -3.49. The van der Waals surface area contributed by atoms with Gasteiger partial charge in [0, 0.05) is 16.8 Å². The predicted molar refractivity (Wildman–Crippen MR) is 84.1 cm³/mol. The summed E-state index contributed by atoms with van der Waals surface area (Å²) >= 11 is 0. The summed E-state index contributed by atoms with van der Waals surface area (Å²) in [5.41, 5.74) is 0.798. The highest BCUT2D eigenvalue weighted by Gasteiger charge is 2.38. The predicted octanol–water partition coefficient (Wildman–Crippen LogP) is 3.58. The fraction of sp³-hybridized carbons (Fsp3) is 0.0588. The van der Waals surface area contributed by atoms with Gasteiger partial charge in [-0.15, -0.1) is 0 Å². The maximum Gasteiger partial charge on any atom is 0.471 e. The summed E-state index contributed by atoms with van der Waals surface area (Å²) in [6.45, 7) is 0. The summed E-state index contributed by atoms with van der Waals surface area (Å²) < 4.78 is 41.6. The van der Waals surface area contributed by atoms with Gasteiger partial charge in [-0.3, -0.25) is 9.59 Å². The molecule has 1 amide bonds. The van der Waals surface area contributed by atoms with Crippen molar-refractivity contribution < 1.29 is 27.3 Å². The summed E-state index contributed by atoms with van der Waals surface area (Å²) in [4.78, 5) is 27.2. The molecule has 1 aromatic heterocycles. The molecule has 0 unspecified atom stereocenters. The van der Waals surface area contributed by atoms with Crippen molar-refractivity contribution in [1.82, 2.24) is 10.1 Å². The number of rotatable bonds is 4. The van der Waals surface area contributed by atoms with Crippen LogP contribution in [0.15, 0.2) is 59.1 Å². The largest absolute Gasteiger partial charge is 0.471 e. The van der Waals surface area contributed by atoms with E-state index in [2.05, 4.69) is 20.0 Å². The molecule has 3 aromatic rings. The molecular formula is C17H10F3N3O3. The van der Waals surface area contributed by atoms with E-state index in [0.29, 0.717) is 5.69 Å². The molecule has 0 radical (unpaired) electrons. The number of carbonyl (C=O) groups is 2. The van der Waals surface area contributed by atoms with Crippen LogP contribution in [0.4, 0.5) is 18.9 Å². The topological polar surface area (TPSA) is 85.1 Å². The first kappa shape index (κ1) is 17.3. The van der Waals surface area contributed by atoms with Gasteiger partial charge in [-0.1, -0.05) is 35.5 Å². The number of aromatic nitrogens is 2. The lowest BCUT2D eigenvalue weighted by Crippen LogP contribution is -2.22. The van der Waals surface area contributed by atoms with E-state index in [1.54, 1.807) is 18.2 Å². The molecule has 0 fully saturated rings. The second-order valence-electron chi connectivity index (χ2n) is 5.15. The first-order valence-corrected chi connectivity index (χ1v) is 7.26. The number of halogens is 3. The highest BCUT2D eigenvalue weighted by Crippen LogP contribution is 2.29. The number of nitrogens with zero attached hydrogens (tertiary/aromatic N) is 2. The van der Waals surface area contributed by atoms with Crippen LogP contribution in [0.2, 0.25) is 0 Å². The first-order chi connectivity index (χ1) is 12.3. The van der Waals surface area contributed by atoms with Gasteiger partial charge >= 0.3 is 12.1 Å². The lowest BCUT2D eigenvalue weighted by Gasteiger charge is -2.05. The molecule has 0 aliphatic heterocycles. The molecule has 0 saturated heterocycles. The second kappa shape index (κ2) is 6.79. The molecule has 132 valence electrons. The molecule has 0 bridgehead atoms. The van der Waals surface area contributed by atoms with Crippen LogP contribution in [0.1, 0.15) is 16.2 Å². The number of benzene rings is 2. The fourth-order valence-corrected chi connectivity index (χ4v) is 2.07. The minimum absolute atomic E-state index is 0.240. The SMILES string of the molecule is O=C(Nc1ccc(-c2noc(C(F)(F)F)n2)cc1)C(=O)c1ccccc1. The Balaban J connectivity index is 1.71. The van der Waals surface area contributed by atoms with Gasteiger partial charge in [0.2, 0.25) is 5.82 Å². The van der Waals surface area contributed by atoms with Crippen LogP contribution in [0.3, 0.4) is 0 Å². The van der Waals surface area contributed by atoms with E-state index in [0.717, 1.165) is 0 Å². The summed E-state index contributed by atoms with van der Waals surface area (Å²) in [5.74, 6) is -3.22. The van der Waals surface area contributed by atoms with Crippen molar-refractivity contribution in [2.45, 2.75) is 6.18 Å². The summed E-state index contributed by atoms with van der Waals surface area (Å²) in [5, 5.41) is 5.68. The molecule has 0 saturated carbocycles.